The molecule has 25 heavy (non-hydrogen) atoms. The van der Waals surface area contributed by atoms with Crippen LogP contribution in [-0.4, -0.2) is 43.4 Å². The molecule has 3 rings (SSSR count). The summed E-state index contributed by atoms with van der Waals surface area (Å²) in [7, 11) is 2.13. The molecule has 0 bridgehead atoms. The number of ether oxygens (including phenoxy) is 1. The van der Waals surface area contributed by atoms with Crippen LogP contribution in [0.15, 0.2) is 22.8 Å². The van der Waals surface area contributed by atoms with E-state index in [0.717, 1.165) is 38.8 Å². The summed E-state index contributed by atoms with van der Waals surface area (Å²) in [6, 6.07) is 2.74. The van der Waals surface area contributed by atoms with E-state index >= 15 is 0 Å². The van der Waals surface area contributed by atoms with Gasteiger partial charge in [0.1, 0.15) is 5.82 Å². The van der Waals surface area contributed by atoms with Crippen LogP contribution in [-0.2, 0) is 4.74 Å². The Balaban J connectivity index is 1.76. The van der Waals surface area contributed by atoms with Crippen LogP contribution < -0.4 is 0 Å². The summed E-state index contributed by atoms with van der Waals surface area (Å²) in [5.41, 5.74) is 1.11. The quantitative estimate of drug-likeness (QED) is 0.606. The largest absolute Gasteiger partial charge is 0.461 e. The highest BCUT2D eigenvalue weighted by molar-refractivity contribution is 9.10. The number of nitrogens with one attached hydrogen (secondary N) is 1. The Morgan fingerprint density at radius 1 is 1.44 bits per heavy atom. The number of fused-ring (bicyclic) bond motifs is 1. The highest BCUT2D eigenvalue weighted by Crippen LogP contribution is 2.37. The van der Waals surface area contributed by atoms with Crippen LogP contribution in [0.4, 0.5) is 4.39 Å². The van der Waals surface area contributed by atoms with Crippen LogP contribution in [0.2, 0.25) is 0 Å². The van der Waals surface area contributed by atoms with Crippen molar-refractivity contribution in [1.82, 2.24) is 9.79 Å². The topological polar surface area (TPSA) is 45.3 Å². The zero-order chi connectivity index (χ0) is 18.0. The first-order valence-electron chi connectivity index (χ1n) is 8.76. The SMILES string of the molecule is BN1CCC(CCC)(COC(=O)c2c[nH]c3cc(F)cc(Br)c23)CC1. The van der Waals surface area contributed by atoms with Gasteiger partial charge < -0.3 is 14.5 Å². The normalized spacial score (nSPS) is 17.7. The van der Waals surface area contributed by atoms with Gasteiger partial charge in [0.15, 0.2) is 7.98 Å². The first-order valence-corrected chi connectivity index (χ1v) is 9.55. The fourth-order valence-electron chi connectivity index (χ4n) is 3.73. The number of esters is 1. The first-order chi connectivity index (χ1) is 11.9. The predicted octanol–water partition coefficient (Wildman–Crippen LogP) is 3.66. The van der Waals surface area contributed by atoms with E-state index in [1.54, 1.807) is 6.20 Å². The van der Waals surface area contributed by atoms with Crippen LogP contribution >= 0.6 is 15.9 Å². The number of aromatic nitrogens is 1. The van der Waals surface area contributed by atoms with Crippen LogP contribution in [0.3, 0.4) is 0 Å². The minimum absolute atomic E-state index is 0.0758. The molecule has 0 radical (unpaired) electrons. The zero-order valence-electron chi connectivity index (χ0n) is 14.7. The lowest BCUT2D eigenvalue weighted by Crippen LogP contribution is -2.41. The fraction of sp³-hybridized carbons (Fsp3) is 0.500. The number of hydrogen-bond acceptors (Lipinski definition) is 3. The van der Waals surface area contributed by atoms with Crippen molar-refractivity contribution in [2.24, 2.45) is 5.41 Å². The highest BCUT2D eigenvalue weighted by atomic mass is 79.9. The molecule has 0 unspecified atom stereocenters. The van der Waals surface area contributed by atoms with Crippen molar-refractivity contribution < 1.29 is 13.9 Å². The summed E-state index contributed by atoms with van der Waals surface area (Å²) in [5.74, 6) is -0.706. The van der Waals surface area contributed by atoms with Crippen molar-refractivity contribution >= 4 is 40.8 Å². The Kier molecular flexibility index (Phi) is 5.54. The first kappa shape index (κ1) is 18.5. The lowest BCUT2D eigenvalue weighted by atomic mass is 9.75. The molecule has 1 aromatic carbocycles. The number of H-pyrrole nitrogens is 1. The number of aromatic amines is 1. The lowest BCUT2D eigenvalue weighted by Gasteiger charge is -2.40. The maximum Gasteiger partial charge on any atom is 0.340 e. The molecular weight excluding hydrogens is 386 g/mol. The summed E-state index contributed by atoms with van der Waals surface area (Å²) in [6.45, 7) is 4.69. The number of rotatable bonds is 5. The molecule has 7 heteroatoms. The monoisotopic (exact) mass is 408 g/mol. The van der Waals surface area contributed by atoms with Gasteiger partial charge >= 0.3 is 5.97 Å². The molecule has 1 aliphatic rings. The third-order valence-electron chi connectivity index (χ3n) is 5.25. The van der Waals surface area contributed by atoms with E-state index in [9.17, 15) is 9.18 Å². The van der Waals surface area contributed by atoms with Crippen LogP contribution in [0.25, 0.3) is 10.9 Å². The van der Waals surface area contributed by atoms with Gasteiger partial charge in [-0.2, -0.15) is 0 Å². The molecule has 134 valence electrons. The van der Waals surface area contributed by atoms with E-state index in [-0.39, 0.29) is 17.2 Å². The molecule has 2 heterocycles. The van der Waals surface area contributed by atoms with Crippen molar-refractivity contribution in [3.63, 3.8) is 0 Å². The summed E-state index contributed by atoms with van der Waals surface area (Å²) in [5, 5.41) is 0.666. The molecule has 0 spiro atoms. The Morgan fingerprint density at radius 2 is 2.16 bits per heavy atom. The van der Waals surface area contributed by atoms with Crippen molar-refractivity contribution in [1.29, 1.82) is 0 Å². The van der Waals surface area contributed by atoms with E-state index in [1.165, 1.54) is 12.1 Å². The van der Waals surface area contributed by atoms with E-state index in [0.29, 0.717) is 27.5 Å². The van der Waals surface area contributed by atoms with Gasteiger partial charge in [0, 0.05) is 21.5 Å². The number of halogens is 2. The molecule has 0 saturated carbocycles. The molecule has 1 aromatic heterocycles. The lowest BCUT2D eigenvalue weighted by molar-refractivity contribution is 0.0106. The van der Waals surface area contributed by atoms with E-state index in [2.05, 4.69) is 40.6 Å². The summed E-state index contributed by atoms with van der Waals surface area (Å²) >= 11 is 3.34. The molecule has 1 aliphatic heterocycles. The number of hydrogen-bond donors (Lipinski definition) is 1. The second kappa shape index (κ2) is 7.50. The maximum absolute atomic E-state index is 13.5. The van der Waals surface area contributed by atoms with Crippen molar-refractivity contribution in [3.8, 4) is 0 Å². The predicted molar refractivity (Wildman–Crippen MR) is 103 cm³/mol. The number of carbonyl (C=O) groups excluding carboxylic acids is 1. The number of carbonyl (C=O) groups is 1. The average Bonchev–Trinajstić information content (AvgIpc) is 3.00. The standard InChI is InChI=1S/C18H23BBrFN2O2/c1-2-3-18(4-6-23(19)7-5-18)11-25-17(24)13-10-22-15-9-12(21)8-14(20)16(13)15/h8-10,22H,2-7,11,19H2,1H3. The second-order valence-electron chi connectivity index (χ2n) is 7.14. The van der Waals surface area contributed by atoms with E-state index in [1.807, 2.05) is 0 Å². The molecule has 1 saturated heterocycles. The third-order valence-corrected chi connectivity index (χ3v) is 5.88. The second-order valence-corrected chi connectivity index (χ2v) is 8.00. The van der Waals surface area contributed by atoms with Crippen molar-refractivity contribution in [3.05, 3.63) is 34.2 Å². The minimum Gasteiger partial charge on any atom is -0.461 e. The number of nitrogens with zero attached hydrogens (tertiary/aromatic N) is 1. The van der Waals surface area contributed by atoms with E-state index < -0.39 is 0 Å². The molecule has 4 nitrogen and oxygen atoms in total. The molecular formula is C18H23BBrFN2O2. The number of piperidine rings is 1. The minimum atomic E-state index is -0.354. The van der Waals surface area contributed by atoms with Gasteiger partial charge in [-0.05, 0) is 60.4 Å². The van der Waals surface area contributed by atoms with Gasteiger partial charge in [-0.15, -0.1) is 0 Å². The van der Waals surface area contributed by atoms with Crippen molar-refractivity contribution in [2.75, 3.05) is 19.7 Å². The van der Waals surface area contributed by atoms with Gasteiger partial charge in [-0.25, -0.2) is 9.18 Å². The summed E-state index contributed by atoms with van der Waals surface area (Å²) in [4.78, 5) is 17.9. The highest BCUT2D eigenvalue weighted by Gasteiger charge is 2.34. The molecule has 0 amide bonds. The van der Waals surface area contributed by atoms with Gasteiger partial charge in [0.25, 0.3) is 0 Å². The smallest absolute Gasteiger partial charge is 0.340 e. The van der Waals surface area contributed by atoms with Crippen LogP contribution in [0, 0.1) is 11.2 Å². The molecule has 0 atom stereocenters. The van der Waals surface area contributed by atoms with Gasteiger partial charge in [0.2, 0.25) is 0 Å². The number of benzene rings is 1. The maximum atomic E-state index is 13.5. The Hall–Kier alpha value is -1.34. The fourth-order valence-corrected chi connectivity index (χ4v) is 4.38. The third kappa shape index (κ3) is 3.92. The molecule has 0 aliphatic carbocycles. The van der Waals surface area contributed by atoms with Gasteiger partial charge in [-0.3, -0.25) is 0 Å². The van der Waals surface area contributed by atoms with Crippen LogP contribution in [0.1, 0.15) is 43.0 Å². The van der Waals surface area contributed by atoms with Crippen molar-refractivity contribution in [2.45, 2.75) is 32.6 Å². The summed E-state index contributed by atoms with van der Waals surface area (Å²) in [6.07, 6.45) is 5.84. The van der Waals surface area contributed by atoms with Gasteiger partial charge in [0.05, 0.1) is 17.7 Å². The Morgan fingerprint density at radius 3 is 2.84 bits per heavy atom. The average molecular weight is 409 g/mol. The van der Waals surface area contributed by atoms with Crippen LogP contribution in [0.5, 0.6) is 0 Å². The molecule has 1 fully saturated rings. The van der Waals surface area contributed by atoms with Gasteiger partial charge in [-0.1, -0.05) is 13.3 Å². The molecule has 2 aromatic rings. The Labute approximate surface area is 156 Å². The van der Waals surface area contributed by atoms with E-state index in [4.69, 9.17) is 4.74 Å². The Bertz CT molecular complexity index is 772. The summed E-state index contributed by atoms with van der Waals surface area (Å²) < 4.78 is 19.8. The molecule has 1 N–H and O–H groups in total. The zero-order valence-corrected chi connectivity index (χ0v) is 16.3.